The minimum Gasteiger partial charge on any atom is -0.225 e. The normalized spacial score (nSPS) is 11.4. The van der Waals surface area contributed by atoms with Crippen molar-refractivity contribution in [2.24, 2.45) is 0 Å². The Bertz CT molecular complexity index is 585. The highest BCUT2D eigenvalue weighted by Gasteiger charge is 2.32. The number of rotatable bonds is 0. The largest absolute Gasteiger partial charge is 0.433 e. The Morgan fingerprint density at radius 1 is 1.19 bits per heavy atom. The first-order valence-corrected chi connectivity index (χ1v) is 4.11. The lowest BCUT2D eigenvalue weighted by molar-refractivity contribution is -0.141. The van der Waals surface area contributed by atoms with Crippen molar-refractivity contribution in [1.82, 2.24) is 15.0 Å². The number of nitriles is 1. The number of pyridine rings is 1. The predicted molar refractivity (Wildman–Crippen MR) is 47.1 cm³/mol. The molecule has 0 saturated carbocycles. The van der Waals surface area contributed by atoms with Gasteiger partial charge in [-0.15, -0.1) is 0 Å². The van der Waals surface area contributed by atoms with Gasteiger partial charge >= 0.3 is 6.18 Å². The van der Waals surface area contributed by atoms with Crippen LogP contribution in [0.15, 0.2) is 18.5 Å². The van der Waals surface area contributed by atoms with Gasteiger partial charge in [0.05, 0.1) is 5.39 Å². The minimum absolute atomic E-state index is 0.00576. The Hall–Kier alpha value is -2.23. The molecule has 0 saturated heterocycles. The summed E-state index contributed by atoms with van der Waals surface area (Å²) in [5.74, 6) is 0. The second-order valence-corrected chi connectivity index (χ2v) is 2.90. The van der Waals surface area contributed by atoms with Gasteiger partial charge in [0.15, 0.2) is 11.3 Å². The zero-order valence-corrected chi connectivity index (χ0v) is 7.65. The SMILES string of the molecule is N#Cc1ncnc2nc(C(F)(F)F)ccc12. The smallest absolute Gasteiger partial charge is 0.225 e. The molecular formula is C9H3F3N4. The van der Waals surface area contributed by atoms with E-state index in [0.717, 1.165) is 18.5 Å². The molecular weight excluding hydrogens is 221 g/mol. The van der Waals surface area contributed by atoms with E-state index >= 15 is 0 Å². The molecule has 0 atom stereocenters. The third kappa shape index (κ3) is 1.65. The highest BCUT2D eigenvalue weighted by atomic mass is 19.4. The average molecular weight is 224 g/mol. The number of aromatic nitrogens is 3. The topological polar surface area (TPSA) is 62.5 Å². The summed E-state index contributed by atoms with van der Waals surface area (Å²) in [6.07, 6.45) is -3.51. The van der Waals surface area contributed by atoms with E-state index in [1.165, 1.54) is 0 Å². The maximum Gasteiger partial charge on any atom is 0.433 e. The van der Waals surface area contributed by atoms with Gasteiger partial charge in [-0.3, -0.25) is 0 Å². The molecule has 2 rings (SSSR count). The summed E-state index contributed by atoms with van der Waals surface area (Å²) in [6, 6.07) is 3.70. The van der Waals surface area contributed by atoms with Crippen LogP contribution in [0.4, 0.5) is 13.2 Å². The van der Waals surface area contributed by atoms with Crippen molar-refractivity contribution in [1.29, 1.82) is 5.26 Å². The van der Waals surface area contributed by atoms with Crippen LogP contribution in [0.3, 0.4) is 0 Å². The predicted octanol–water partition coefficient (Wildman–Crippen LogP) is 1.92. The summed E-state index contributed by atoms with van der Waals surface area (Å²) in [4.78, 5) is 10.5. The number of halogens is 3. The van der Waals surface area contributed by atoms with Gasteiger partial charge in [0.2, 0.25) is 0 Å². The molecule has 0 bridgehead atoms. The van der Waals surface area contributed by atoms with E-state index in [1.54, 1.807) is 6.07 Å². The van der Waals surface area contributed by atoms with E-state index < -0.39 is 11.9 Å². The fourth-order valence-electron chi connectivity index (χ4n) is 1.19. The summed E-state index contributed by atoms with van der Waals surface area (Å²) < 4.78 is 37.0. The molecule has 0 N–H and O–H groups in total. The molecule has 7 heteroatoms. The molecule has 0 spiro atoms. The third-order valence-electron chi connectivity index (χ3n) is 1.89. The van der Waals surface area contributed by atoms with E-state index in [4.69, 9.17) is 5.26 Å². The molecule has 0 aromatic carbocycles. The van der Waals surface area contributed by atoms with Crippen LogP contribution in [0, 0.1) is 11.3 Å². The van der Waals surface area contributed by atoms with Crippen LogP contribution in [-0.4, -0.2) is 15.0 Å². The van der Waals surface area contributed by atoms with Gasteiger partial charge in [0.1, 0.15) is 18.1 Å². The molecule has 0 aliphatic rings. The molecule has 4 nitrogen and oxygen atoms in total. The lowest BCUT2D eigenvalue weighted by atomic mass is 10.2. The summed E-state index contributed by atoms with van der Waals surface area (Å²) in [7, 11) is 0. The fraction of sp³-hybridized carbons (Fsp3) is 0.111. The lowest BCUT2D eigenvalue weighted by Crippen LogP contribution is -2.08. The first-order chi connectivity index (χ1) is 7.52. The third-order valence-corrected chi connectivity index (χ3v) is 1.89. The Kier molecular flexibility index (Phi) is 2.20. The molecule has 0 amide bonds. The first kappa shape index (κ1) is 10.3. The number of hydrogen-bond donors (Lipinski definition) is 0. The van der Waals surface area contributed by atoms with E-state index in [2.05, 4.69) is 15.0 Å². The van der Waals surface area contributed by atoms with Gasteiger partial charge < -0.3 is 0 Å². The van der Waals surface area contributed by atoms with Crippen molar-refractivity contribution in [2.75, 3.05) is 0 Å². The van der Waals surface area contributed by atoms with Crippen LogP contribution < -0.4 is 0 Å². The fourth-order valence-corrected chi connectivity index (χ4v) is 1.19. The minimum atomic E-state index is -4.52. The summed E-state index contributed by atoms with van der Waals surface area (Å²) in [5.41, 5.74) is -1.17. The van der Waals surface area contributed by atoms with Crippen molar-refractivity contribution in [3.05, 3.63) is 29.8 Å². The standard InChI is InChI=1S/C9H3F3N4/c10-9(11,12)7-2-1-5-6(3-13)14-4-15-8(5)16-7/h1-2,4H. The highest BCUT2D eigenvalue weighted by Crippen LogP contribution is 2.28. The van der Waals surface area contributed by atoms with E-state index in [9.17, 15) is 13.2 Å². The maximum absolute atomic E-state index is 12.3. The van der Waals surface area contributed by atoms with Gasteiger partial charge in [-0.1, -0.05) is 0 Å². The van der Waals surface area contributed by atoms with E-state index in [0.29, 0.717) is 0 Å². The maximum atomic E-state index is 12.3. The number of alkyl halides is 3. The summed E-state index contributed by atoms with van der Waals surface area (Å²) >= 11 is 0. The monoisotopic (exact) mass is 224 g/mol. The quantitative estimate of drug-likeness (QED) is 0.685. The van der Waals surface area contributed by atoms with Crippen LogP contribution in [0.1, 0.15) is 11.4 Å². The molecule has 0 aliphatic heterocycles. The summed E-state index contributed by atoms with van der Waals surface area (Å²) in [5, 5.41) is 8.88. The van der Waals surface area contributed by atoms with Crippen LogP contribution >= 0.6 is 0 Å². The molecule has 2 aromatic rings. The molecule has 80 valence electrons. The van der Waals surface area contributed by atoms with E-state index in [1.807, 2.05) is 0 Å². The molecule has 0 fully saturated rings. The second-order valence-electron chi connectivity index (χ2n) is 2.90. The number of fused-ring (bicyclic) bond motifs is 1. The van der Waals surface area contributed by atoms with Gasteiger partial charge in [0.25, 0.3) is 0 Å². The van der Waals surface area contributed by atoms with Crippen molar-refractivity contribution in [3.8, 4) is 6.07 Å². The lowest BCUT2D eigenvalue weighted by Gasteiger charge is -2.05. The highest BCUT2D eigenvalue weighted by molar-refractivity contribution is 5.79. The summed E-state index contributed by atoms with van der Waals surface area (Å²) in [6.45, 7) is 0. The molecule has 16 heavy (non-hydrogen) atoms. The van der Waals surface area contributed by atoms with Crippen molar-refractivity contribution in [2.45, 2.75) is 6.18 Å². The Morgan fingerprint density at radius 3 is 2.56 bits per heavy atom. The average Bonchev–Trinajstić information content (AvgIpc) is 2.26. The van der Waals surface area contributed by atoms with Gasteiger partial charge in [0, 0.05) is 0 Å². The van der Waals surface area contributed by atoms with Crippen molar-refractivity contribution < 1.29 is 13.2 Å². The number of hydrogen-bond acceptors (Lipinski definition) is 4. The van der Waals surface area contributed by atoms with Gasteiger partial charge in [-0.25, -0.2) is 15.0 Å². The van der Waals surface area contributed by atoms with Crippen molar-refractivity contribution >= 4 is 11.0 Å². The van der Waals surface area contributed by atoms with Crippen molar-refractivity contribution in [3.63, 3.8) is 0 Å². The second kappa shape index (κ2) is 3.41. The Labute approximate surface area is 87.4 Å². The molecule has 2 heterocycles. The first-order valence-electron chi connectivity index (χ1n) is 4.11. The van der Waals surface area contributed by atoms with Crippen LogP contribution in [0.5, 0.6) is 0 Å². The molecule has 0 aliphatic carbocycles. The Balaban J connectivity index is 2.71. The molecule has 2 aromatic heterocycles. The Morgan fingerprint density at radius 2 is 1.94 bits per heavy atom. The zero-order valence-electron chi connectivity index (χ0n) is 7.65. The molecule has 0 radical (unpaired) electrons. The molecule has 0 unspecified atom stereocenters. The van der Waals surface area contributed by atoms with Gasteiger partial charge in [-0.05, 0) is 12.1 Å². The van der Waals surface area contributed by atoms with E-state index in [-0.39, 0.29) is 16.7 Å². The van der Waals surface area contributed by atoms with Gasteiger partial charge in [-0.2, -0.15) is 18.4 Å². The van der Waals surface area contributed by atoms with Crippen LogP contribution in [-0.2, 0) is 6.18 Å². The van der Waals surface area contributed by atoms with Crippen LogP contribution in [0.2, 0.25) is 0 Å². The zero-order chi connectivity index (χ0) is 11.8. The van der Waals surface area contributed by atoms with Crippen LogP contribution in [0.25, 0.3) is 11.0 Å². The number of nitrogens with zero attached hydrogens (tertiary/aromatic N) is 4.